The van der Waals surface area contributed by atoms with Crippen LogP contribution >= 0.6 is 0 Å². The standard InChI is InChI=1S/C10H14FN/c1-2-8-12(11)9-10-6-4-3-5-7-10/h3-7H,2,8-9H2,1H3/q+1. The summed E-state index contributed by atoms with van der Waals surface area (Å²) in [6.07, 6.45) is 0.851. The number of nitrogens with zero attached hydrogens (tertiary/aromatic N) is 1. The van der Waals surface area contributed by atoms with E-state index in [1.807, 2.05) is 37.3 Å². The normalized spacial score (nSPS) is 10.6. The predicted molar refractivity (Wildman–Crippen MR) is 48.5 cm³/mol. The molecule has 1 nitrogen and oxygen atoms in total. The quantitative estimate of drug-likeness (QED) is 0.608. The Labute approximate surface area is 72.8 Å². The maximum absolute atomic E-state index is 12.9. The zero-order valence-corrected chi connectivity index (χ0v) is 7.33. The van der Waals surface area contributed by atoms with Crippen LogP contribution in [0.4, 0.5) is 4.48 Å². The third-order valence-corrected chi connectivity index (χ3v) is 1.66. The van der Waals surface area contributed by atoms with Crippen LogP contribution in [0.1, 0.15) is 18.9 Å². The Morgan fingerprint density at radius 3 is 2.50 bits per heavy atom. The third-order valence-electron chi connectivity index (χ3n) is 1.66. The molecule has 1 aromatic carbocycles. The highest BCUT2D eigenvalue weighted by Gasteiger charge is 2.13. The average Bonchev–Trinajstić information content (AvgIpc) is 2.06. The topological polar surface area (TPSA) is 5.90 Å². The van der Waals surface area contributed by atoms with E-state index in [0.717, 1.165) is 17.1 Å². The molecular formula is C10H14FN+. The highest BCUT2D eigenvalue weighted by atomic mass is 19.2. The molecule has 0 N–H and O–H groups in total. The van der Waals surface area contributed by atoms with Gasteiger partial charge in [0, 0.05) is 12.0 Å². The molecule has 0 aliphatic heterocycles. The summed E-state index contributed by atoms with van der Waals surface area (Å²) in [4.78, 5) is 0. The van der Waals surface area contributed by atoms with Crippen molar-refractivity contribution in [1.82, 2.24) is 5.12 Å². The smallest absolute Gasteiger partial charge is 0.0622 e. The molecule has 0 aromatic heterocycles. The fourth-order valence-electron chi connectivity index (χ4n) is 1.10. The van der Waals surface area contributed by atoms with Crippen LogP contribution in [-0.2, 0) is 6.54 Å². The Hall–Kier alpha value is -0.890. The van der Waals surface area contributed by atoms with Gasteiger partial charge in [0.25, 0.3) is 0 Å². The fraction of sp³-hybridized carbons (Fsp3) is 0.400. The molecule has 0 fully saturated rings. The summed E-state index contributed by atoms with van der Waals surface area (Å²) < 4.78 is 12.9. The molecular weight excluding hydrogens is 153 g/mol. The molecule has 0 saturated heterocycles. The van der Waals surface area contributed by atoms with Gasteiger partial charge in [0.2, 0.25) is 0 Å². The van der Waals surface area contributed by atoms with Gasteiger partial charge in [0.1, 0.15) is 0 Å². The Morgan fingerprint density at radius 2 is 1.92 bits per heavy atom. The first kappa shape index (κ1) is 9.20. The van der Waals surface area contributed by atoms with Crippen molar-refractivity contribution in [2.45, 2.75) is 19.9 Å². The van der Waals surface area contributed by atoms with Crippen molar-refractivity contribution in [2.75, 3.05) is 6.54 Å². The Balaban J connectivity index is 2.41. The molecule has 1 radical (unpaired) electrons. The van der Waals surface area contributed by atoms with E-state index in [1.54, 1.807) is 0 Å². The number of hydrogen-bond acceptors (Lipinski definition) is 1. The molecule has 65 valence electrons. The van der Waals surface area contributed by atoms with Crippen molar-refractivity contribution >= 4 is 0 Å². The summed E-state index contributed by atoms with van der Waals surface area (Å²) >= 11 is 0. The van der Waals surface area contributed by atoms with Crippen LogP contribution in [0.5, 0.6) is 0 Å². The molecule has 0 saturated carbocycles. The van der Waals surface area contributed by atoms with Crippen LogP contribution < -0.4 is 5.12 Å². The molecule has 0 aliphatic rings. The van der Waals surface area contributed by atoms with Gasteiger partial charge >= 0.3 is 0 Å². The summed E-state index contributed by atoms with van der Waals surface area (Å²) in [7, 11) is 0. The zero-order valence-electron chi connectivity index (χ0n) is 7.33. The lowest BCUT2D eigenvalue weighted by Crippen LogP contribution is -2.19. The van der Waals surface area contributed by atoms with Crippen molar-refractivity contribution < 1.29 is 4.48 Å². The molecule has 0 unspecified atom stereocenters. The predicted octanol–water partition coefficient (Wildman–Crippen LogP) is 2.62. The van der Waals surface area contributed by atoms with E-state index in [4.69, 9.17) is 0 Å². The van der Waals surface area contributed by atoms with Gasteiger partial charge in [0.05, 0.1) is 9.60 Å². The molecule has 0 aliphatic carbocycles. The minimum absolute atomic E-state index is 0.397. The Morgan fingerprint density at radius 1 is 1.25 bits per heavy atom. The van der Waals surface area contributed by atoms with E-state index in [1.165, 1.54) is 0 Å². The number of hydrogen-bond donors (Lipinski definition) is 0. The van der Waals surface area contributed by atoms with Gasteiger partial charge in [-0.05, 0) is 0 Å². The maximum atomic E-state index is 12.9. The lowest BCUT2D eigenvalue weighted by molar-refractivity contribution is 0.135. The van der Waals surface area contributed by atoms with Crippen LogP contribution in [0.15, 0.2) is 30.3 Å². The Bertz CT molecular complexity index is 210. The van der Waals surface area contributed by atoms with E-state index in [0.29, 0.717) is 13.1 Å². The van der Waals surface area contributed by atoms with E-state index < -0.39 is 0 Å². The van der Waals surface area contributed by atoms with Gasteiger partial charge in [0.15, 0.2) is 13.1 Å². The number of benzene rings is 1. The van der Waals surface area contributed by atoms with Gasteiger partial charge < -0.3 is 0 Å². The first-order valence-electron chi connectivity index (χ1n) is 4.27. The largest absolute Gasteiger partial charge is 0.192 e. The maximum Gasteiger partial charge on any atom is 0.192 e. The number of halogens is 1. The van der Waals surface area contributed by atoms with Gasteiger partial charge in [-0.2, -0.15) is 0 Å². The molecule has 2 heteroatoms. The second-order valence-corrected chi connectivity index (χ2v) is 2.83. The second kappa shape index (κ2) is 4.88. The van der Waals surface area contributed by atoms with Crippen LogP contribution in [-0.4, -0.2) is 6.54 Å². The molecule has 12 heavy (non-hydrogen) atoms. The van der Waals surface area contributed by atoms with Crippen LogP contribution in [0.3, 0.4) is 0 Å². The molecule has 0 bridgehead atoms. The number of rotatable bonds is 4. The van der Waals surface area contributed by atoms with Crippen molar-refractivity contribution in [3.63, 3.8) is 0 Å². The summed E-state index contributed by atoms with van der Waals surface area (Å²) in [5.41, 5.74) is 1.02. The summed E-state index contributed by atoms with van der Waals surface area (Å²) in [5, 5.41) is 0.843. The van der Waals surface area contributed by atoms with Crippen LogP contribution in [0.25, 0.3) is 0 Å². The SMILES string of the molecule is CCC[N+](F)Cc1ccccc1. The zero-order chi connectivity index (χ0) is 8.81. The van der Waals surface area contributed by atoms with E-state index in [-0.39, 0.29) is 0 Å². The lowest BCUT2D eigenvalue weighted by atomic mass is 10.2. The van der Waals surface area contributed by atoms with Crippen molar-refractivity contribution in [2.24, 2.45) is 0 Å². The van der Waals surface area contributed by atoms with Crippen LogP contribution in [0.2, 0.25) is 0 Å². The first-order valence-corrected chi connectivity index (χ1v) is 4.27. The van der Waals surface area contributed by atoms with Crippen molar-refractivity contribution in [1.29, 1.82) is 0 Å². The fourth-order valence-corrected chi connectivity index (χ4v) is 1.10. The summed E-state index contributed by atoms with van der Waals surface area (Å²) in [5.74, 6) is 0. The van der Waals surface area contributed by atoms with Crippen LogP contribution in [0, 0.1) is 0 Å². The van der Waals surface area contributed by atoms with E-state index in [9.17, 15) is 4.48 Å². The molecule has 0 amide bonds. The minimum Gasteiger partial charge on any atom is -0.0622 e. The molecule has 0 atom stereocenters. The molecule has 1 aromatic rings. The first-order chi connectivity index (χ1) is 5.83. The van der Waals surface area contributed by atoms with E-state index in [2.05, 4.69) is 0 Å². The molecule has 1 rings (SSSR count). The highest BCUT2D eigenvalue weighted by molar-refractivity contribution is 5.14. The minimum atomic E-state index is 0.397. The monoisotopic (exact) mass is 167 g/mol. The molecule has 0 heterocycles. The third kappa shape index (κ3) is 3.01. The van der Waals surface area contributed by atoms with Crippen molar-refractivity contribution in [3.05, 3.63) is 35.9 Å². The highest BCUT2D eigenvalue weighted by Crippen LogP contribution is 2.02. The van der Waals surface area contributed by atoms with Gasteiger partial charge in [-0.3, -0.25) is 0 Å². The summed E-state index contributed by atoms with van der Waals surface area (Å²) in [6, 6.07) is 9.65. The van der Waals surface area contributed by atoms with Gasteiger partial charge in [-0.15, -0.1) is 0 Å². The summed E-state index contributed by atoms with van der Waals surface area (Å²) in [6.45, 7) is 2.88. The van der Waals surface area contributed by atoms with E-state index >= 15 is 0 Å². The average molecular weight is 167 g/mol. The lowest BCUT2D eigenvalue weighted by Gasteiger charge is -1.97. The molecule has 0 spiro atoms. The Kier molecular flexibility index (Phi) is 3.74. The van der Waals surface area contributed by atoms with Crippen molar-refractivity contribution in [3.8, 4) is 0 Å². The van der Waals surface area contributed by atoms with Gasteiger partial charge in [-0.25, -0.2) is 0 Å². The van der Waals surface area contributed by atoms with Gasteiger partial charge in [-0.1, -0.05) is 37.3 Å². The second-order valence-electron chi connectivity index (χ2n) is 2.83.